The van der Waals surface area contributed by atoms with Crippen molar-refractivity contribution < 1.29 is 33.9 Å². The zero-order chi connectivity index (χ0) is 25.3. The van der Waals surface area contributed by atoms with Gasteiger partial charge in [-0.15, -0.1) is 0 Å². The van der Waals surface area contributed by atoms with Crippen molar-refractivity contribution in [1.82, 2.24) is 10.6 Å². The van der Waals surface area contributed by atoms with Crippen LogP contribution in [0.4, 0.5) is 10.5 Å². The number of carbonyl (C=O) groups excluding carboxylic acids is 3. The van der Waals surface area contributed by atoms with Crippen LogP contribution in [-0.4, -0.2) is 53.2 Å². The molecule has 3 amide bonds. The molecule has 3 atom stereocenters. The van der Waals surface area contributed by atoms with Crippen molar-refractivity contribution in [3.63, 3.8) is 0 Å². The van der Waals surface area contributed by atoms with Gasteiger partial charge in [0.25, 0.3) is 5.69 Å². The molecule has 0 heterocycles. The van der Waals surface area contributed by atoms with Gasteiger partial charge in [0.2, 0.25) is 11.8 Å². The Morgan fingerprint density at radius 3 is 2.38 bits per heavy atom. The number of rotatable bonds is 11. The molecular formula is C22H26N4O8. The molecule has 0 unspecified atom stereocenters. The Balaban J connectivity index is 2.10. The Labute approximate surface area is 195 Å². The largest absolute Gasteiger partial charge is 0.496 e. The molecule has 0 saturated heterocycles. The van der Waals surface area contributed by atoms with E-state index in [0.717, 1.165) is 5.56 Å². The van der Waals surface area contributed by atoms with Crippen molar-refractivity contribution in [2.24, 2.45) is 5.73 Å². The highest BCUT2D eigenvalue weighted by atomic mass is 16.6. The number of nitrogens with two attached hydrogens (primary N) is 1. The number of aliphatic hydroxyl groups excluding tert-OH is 1. The van der Waals surface area contributed by atoms with Gasteiger partial charge in [0, 0.05) is 24.1 Å². The Hall–Kier alpha value is -4.19. The van der Waals surface area contributed by atoms with E-state index < -0.39 is 41.0 Å². The van der Waals surface area contributed by atoms with Crippen molar-refractivity contribution in [1.29, 1.82) is 0 Å². The maximum atomic E-state index is 12.7. The van der Waals surface area contributed by atoms with Crippen molar-refractivity contribution in [3.05, 3.63) is 69.8 Å². The fourth-order valence-electron chi connectivity index (χ4n) is 3.04. The van der Waals surface area contributed by atoms with Crippen molar-refractivity contribution in [3.8, 4) is 5.75 Å². The Bertz CT molecular complexity index is 1030. The van der Waals surface area contributed by atoms with Crippen LogP contribution in [0.15, 0.2) is 48.5 Å². The highest BCUT2D eigenvalue weighted by Crippen LogP contribution is 2.25. The van der Waals surface area contributed by atoms with Gasteiger partial charge >= 0.3 is 6.09 Å². The molecule has 2 rings (SSSR count). The number of amides is 3. The Morgan fingerprint density at radius 1 is 1.15 bits per heavy atom. The first kappa shape index (κ1) is 26.1. The van der Waals surface area contributed by atoms with Crippen LogP contribution in [-0.2, 0) is 27.4 Å². The summed E-state index contributed by atoms with van der Waals surface area (Å²) in [6.07, 6.45) is -2.53. The summed E-state index contributed by atoms with van der Waals surface area (Å²) >= 11 is 0. The van der Waals surface area contributed by atoms with Gasteiger partial charge in [-0.05, 0) is 18.6 Å². The molecule has 12 nitrogen and oxygen atoms in total. The zero-order valence-corrected chi connectivity index (χ0v) is 18.6. The molecule has 0 aliphatic rings. The zero-order valence-electron chi connectivity index (χ0n) is 18.6. The van der Waals surface area contributed by atoms with E-state index in [2.05, 4.69) is 10.6 Å². The quantitative estimate of drug-likeness (QED) is 0.272. The summed E-state index contributed by atoms with van der Waals surface area (Å²) in [6.45, 7) is 1.21. The van der Waals surface area contributed by atoms with Gasteiger partial charge in [0.1, 0.15) is 24.4 Å². The highest BCUT2D eigenvalue weighted by Gasteiger charge is 2.30. The monoisotopic (exact) mass is 474 g/mol. The summed E-state index contributed by atoms with van der Waals surface area (Å²) in [7, 11) is 1.34. The van der Waals surface area contributed by atoms with Crippen LogP contribution in [0.25, 0.3) is 0 Å². The summed E-state index contributed by atoms with van der Waals surface area (Å²) in [5.41, 5.74) is 6.14. The summed E-state index contributed by atoms with van der Waals surface area (Å²) in [5, 5.41) is 25.7. The molecule has 0 aromatic heterocycles. The van der Waals surface area contributed by atoms with Gasteiger partial charge in [0.15, 0.2) is 0 Å². The standard InChI is InChI=1S/C22H26N4O8/c1-13(27)19(25-22(30)34-12-14-6-4-3-5-7-14)21(29)24-17(20(23)28)11-15-10-16(26(31)32)8-9-18(15)33-2/h3-10,13,17,19,27H,11-12H2,1-2H3,(H2,23,28)(H,24,29)(H,25,30)/t13-,17+,19+/m1/s1. The first-order valence-electron chi connectivity index (χ1n) is 10.2. The van der Waals surface area contributed by atoms with E-state index in [4.69, 9.17) is 15.2 Å². The van der Waals surface area contributed by atoms with E-state index in [1.54, 1.807) is 30.3 Å². The number of primary amides is 1. The van der Waals surface area contributed by atoms with Gasteiger partial charge < -0.3 is 30.9 Å². The lowest BCUT2D eigenvalue weighted by molar-refractivity contribution is -0.384. The number of non-ortho nitro benzene ring substituents is 1. The molecule has 34 heavy (non-hydrogen) atoms. The minimum absolute atomic E-state index is 0.0582. The number of nitro benzene ring substituents is 1. The number of carbonyl (C=O) groups is 3. The summed E-state index contributed by atoms with van der Waals surface area (Å²) in [4.78, 5) is 47.3. The molecule has 0 aliphatic heterocycles. The summed E-state index contributed by atoms with van der Waals surface area (Å²) in [6, 6.07) is 9.83. The SMILES string of the molecule is COc1ccc([N+](=O)[O-])cc1C[C@H](NC(=O)[C@@H](NC(=O)OCc1ccccc1)[C@@H](C)O)C(N)=O. The van der Waals surface area contributed by atoms with Crippen LogP contribution < -0.4 is 21.1 Å². The molecule has 182 valence electrons. The molecule has 5 N–H and O–H groups in total. The van der Waals surface area contributed by atoms with E-state index in [9.17, 15) is 29.6 Å². The molecule has 0 aliphatic carbocycles. The number of nitrogens with one attached hydrogen (secondary N) is 2. The van der Waals surface area contributed by atoms with E-state index >= 15 is 0 Å². The van der Waals surface area contributed by atoms with Gasteiger partial charge in [-0.25, -0.2) is 4.79 Å². The fourth-order valence-corrected chi connectivity index (χ4v) is 3.04. The third-order valence-corrected chi connectivity index (χ3v) is 4.81. The Kier molecular flexibility index (Phi) is 9.32. The van der Waals surface area contributed by atoms with Crippen molar-refractivity contribution in [2.75, 3.05) is 7.11 Å². The number of nitrogens with zero attached hydrogens (tertiary/aromatic N) is 1. The number of ether oxygens (including phenoxy) is 2. The average molecular weight is 474 g/mol. The molecule has 0 radical (unpaired) electrons. The van der Waals surface area contributed by atoms with Crippen LogP contribution in [0.1, 0.15) is 18.1 Å². The molecule has 2 aromatic carbocycles. The Morgan fingerprint density at radius 2 is 1.82 bits per heavy atom. The minimum Gasteiger partial charge on any atom is -0.496 e. The smallest absolute Gasteiger partial charge is 0.408 e. The first-order chi connectivity index (χ1) is 16.1. The van der Waals surface area contributed by atoms with Crippen molar-refractivity contribution in [2.45, 2.75) is 38.1 Å². The number of benzene rings is 2. The lowest BCUT2D eigenvalue weighted by Crippen LogP contribution is -2.57. The predicted octanol–water partition coefficient (Wildman–Crippen LogP) is 0.792. The minimum atomic E-state index is -1.46. The predicted molar refractivity (Wildman–Crippen MR) is 120 cm³/mol. The second-order valence-electron chi connectivity index (χ2n) is 7.35. The third kappa shape index (κ3) is 7.45. The molecule has 2 aromatic rings. The van der Waals surface area contributed by atoms with E-state index in [1.807, 2.05) is 0 Å². The number of aliphatic hydroxyl groups is 1. The van der Waals surface area contributed by atoms with Crippen LogP contribution in [0.2, 0.25) is 0 Å². The lowest BCUT2D eigenvalue weighted by Gasteiger charge is -2.24. The van der Waals surface area contributed by atoms with Gasteiger partial charge in [0.05, 0.1) is 18.1 Å². The van der Waals surface area contributed by atoms with Gasteiger partial charge in [-0.1, -0.05) is 30.3 Å². The lowest BCUT2D eigenvalue weighted by atomic mass is 10.0. The van der Waals surface area contributed by atoms with Crippen LogP contribution in [0, 0.1) is 10.1 Å². The number of hydrogen-bond acceptors (Lipinski definition) is 8. The first-order valence-corrected chi connectivity index (χ1v) is 10.2. The highest BCUT2D eigenvalue weighted by molar-refractivity contribution is 5.91. The summed E-state index contributed by atoms with van der Waals surface area (Å²) < 4.78 is 10.2. The summed E-state index contributed by atoms with van der Waals surface area (Å²) in [5.74, 6) is -1.58. The van der Waals surface area contributed by atoms with Crippen LogP contribution in [0.5, 0.6) is 5.75 Å². The van der Waals surface area contributed by atoms with Crippen molar-refractivity contribution >= 4 is 23.6 Å². The topological polar surface area (TPSA) is 183 Å². The number of methoxy groups -OCH3 is 1. The van der Waals surface area contributed by atoms with Gasteiger partial charge in [-0.2, -0.15) is 0 Å². The second kappa shape index (κ2) is 12.2. The maximum absolute atomic E-state index is 12.7. The van der Waals surface area contributed by atoms with E-state index in [1.165, 1.54) is 32.2 Å². The third-order valence-electron chi connectivity index (χ3n) is 4.81. The molecule has 12 heteroatoms. The fraction of sp³-hybridized carbons (Fsp3) is 0.318. The molecule has 0 fully saturated rings. The van der Waals surface area contributed by atoms with Crippen LogP contribution >= 0.6 is 0 Å². The second-order valence-corrected chi connectivity index (χ2v) is 7.35. The number of nitro groups is 1. The number of alkyl carbamates (subject to hydrolysis) is 1. The maximum Gasteiger partial charge on any atom is 0.408 e. The van der Waals surface area contributed by atoms with Crippen LogP contribution in [0.3, 0.4) is 0 Å². The molecule has 0 saturated carbocycles. The van der Waals surface area contributed by atoms with E-state index in [0.29, 0.717) is 0 Å². The normalized spacial score (nSPS) is 13.1. The molecule has 0 bridgehead atoms. The molecular weight excluding hydrogens is 448 g/mol. The van der Waals surface area contributed by atoms with E-state index in [-0.39, 0.29) is 30.0 Å². The average Bonchev–Trinajstić information content (AvgIpc) is 2.80. The number of hydrogen-bond donors (Lipinski definition) is 4. The molecule has 0 spiro atoms. The van der Waals surface area contributed by atoms with Gasteiger partial charge in [-0.3, -0.25) is 19.7 Å².